The van der Waals surface area contributed by atoms with Gasteiger partial charge in [0.25, 0.3) is 0 Å². The van der Waals surface area contributed by atoms with Gasteiger partial charge in [-0.15, -0.1) is 0 Å². The third kappa shape index (κ3) is 4.57. The van der Waals surface area contributed by atoms with Crippen molar-refractivity contribution in [2.75, 3.05) is 4.90 Å². The summed E-state index contributed by atoms with van der Waals surface area (Å²) in [6, 6.07) is 58.1. The third-order valence-electron chi connectivity index (χ3n) is 7.45. The van der Waals surface area contributed by atoms with Gasteiger partial charge in [-0.3, -0.25) is 0 Å². The average Bonchev–Trinajstić information content (AvgIpc) is 3.47. The number of aromatic nitrogens is 1. The highest BCUT2D eigenvalue weighted by molar-refractivity contribution is 5.82. The fourth-order valence-electron chi connectivity index (χ4n) is 5.38. The topological polar surface area (TPSA) is 8.17 Å². The van der Waals surface area contributed by atoms with Gasteiger partial charge in [0, 0.05) is 28.9 Å². The van der Waals surface area contributed by atoms with E-state index in [1.807, 2.05) is 0 Å². The molecule has 7 rings (SSSR count). The summed E-state index contributed by atoms with van der Waals surface area (Å²) in [5, 5.41) is 1.25. The smallest absolute Gasteiger partial charge is 0.0528 e. The summed E-state index contributed by atoms with van der Waals surface area (Å²) in [5.74, 6) is 0. The van der Waals surface area contributed by atoms with Gasteiger partial charge >= 0.3 is 0 Å². The van der Waals surface area contributed by atoms with Crippen LogP contribution in [0.4, 0.5) is 17.1 Å². The van der Waals surface area contributed by atoms with Gasteiger partial charge < -0.3 is 9.47 Å². The number of benzene rings is 6. The Morgan fingerprint density at radius 2 is 0.800 bits per heavy atom. The predicted octanol–water partition coefficient (Wildman–Crippen LogP) is 10.4. The van der Waals surface area contributed by atoms with Crippen LogP contribution in [0.5, 0.6) is 0 Å². The van der Waals surface area contributed by atoms with Crippen molar-refractivity contribution < 1.29 is 0 Å². The second-order valence-electron chi connectivity index (χ2n) is 9.92. The first kappa shape index (κ1) is 23.8. The third-order valence-corrected chi connectivity index (χ3v) is 7.45. The van der Waals surface area contributed by atoms with Crippen LogP contribution in [0.1, 0.15) is 0 Å². The van der Waals surface area contributed by atoms with Crippen LogP contribution in [0.25, 0.3) is 38.8 Å². The van der Waals surface area contributed by atoms with Crippen molar-refractivity contribution in [2.45, 2.75) is 0 Å². The van der Waals surface area contributed by atoms with Crippen molar-refractivity contribution in [1.29, 1.82) is 0 Å². The maximum absolute atomic E-state index is 2.30. The van der Waals surface area contributed by atoms with Crippen LogP contribution < -0.4 is 4.90 Å². The lowest BCUT2D eigenvalue weighted by atomic mass is 10.0. The van der Waals surface area contributed by atoms with E-state index >= 15 is 0 Å². The van der Waals surface area contributed by atoms with E-state index in [0.717, 1.165) is 22.7 Å². The highest BCUT2D eigenvalue weighted by Gasteiger charge is 2.13. The zero-order valence-corrected chi connectivity index (χ0v) is 22.1. The first-order valence-electron chi connectivity index (χ1n) is 13.6. The molecule has 0 aliphatic rings. The zero-order chi connectivity index (χ0) is 26.7. The van der Waals surface area contributed by atoms with E-state index in [1.165, 1.54) is 33.2 Å². The molecule has 1 aromatic heterocycles. The van der Waals surface area contributed by atoms with E-state index in [4.69, 9.17) is 0 Å². The molecule has 0 atom stereocenters. The maximum Gasteiger partial charge on any atom is 0.0528 e. The molecule has 0 unspecified atom stereocenters. The normalized spacial score (nSPS) is 11.0. The molecular weight excluding hydrogens is 484 g/mol. The van der Waals surface area contributed by atoms with E-state index in [2.05, 4.69) is 179 Å². The molecule has 0 saturated heterocycles. The van der Waals surface area contributed by atoms with Crippen molar-refractivity contribution in [2.24, 2.45) is 0 Å². The molecule has 2 nitrogen and oxygen atoms in total. The second kappa shape index (κ2) is 10.4. The maximum atomic E-state index is 2.30. The average molecular weight is 513 g/mol. The van der Waals surface area contributed by atoms with Gasteiger partial charge in [0.1, 0.15) is 0 Å². The first-order chi connectivity index (χ1) is 19.8. The van der Waals surface area contributed by atoms with E-state index in [9.17, 15) is 0 Å². The fraction of sp³-hybridized carbons (Fsp3) is 0. The Bertz CT molecular complexity index is 1850. The van der Waals surface area contributed by atoms with Crippen molar-refractivity contribution in [3.8, 4) is 27.9 Å². The molecule has 7 aromatic rings. The van der Waals surface area contributed by atoms with Crippen LogP contribution >= 0.6 is 0 Å². The molecule has 2 heteroatoms. The molecule has 0 saturated carbocycles. The SMILES string of the molecule is c1ccc(-c2ccc(N(c3ccccc3)c3ccc(-c4ccc(-n5ccc6ccccc65)cc4)cc3)cc2)cc1. The van der Waals surface area contributed by atoms with E-state index < -0.39 is 0 Å². The van der Waals surface area contributed by atoms with Gasteiger partial charge in [0.15, 0.2) is 0 Å². The number of para-hydroxylation sites is 2. The van der Waals surface area contributed by atoms with Gasteiger partial charge in [-0.25, -0.2) is 0 Å². The molecule has 6 aromatic carbocycles. The number of nitrogens with zero attached hydrogens (tertiary/aromatic N) is 2. The Morgan fingerprint density at radius 3 is 1.40 bits per heavy atom. The summed E-state index contributed by atoms with van der Waals surface area (Å²) in [6.07, 6.45) is 2.14. The zero-order valence-electron chi connectivity index (χ0n) is 22.1. The van der Waals surface area contributed by atoms with Crippen LogP contribution in [0.15, 0.2) is 170 Å². The Balaban J connectivity index is 1.19. The molecule has 40 heavy (non-hydrogen) atoms. The molecule has 0 amide bonds. The molecule has 0 spiro atoms. The minimum Gasteiger partial charge on any atom is -0.317 e. The molecule has 0 N–H and O–H groups in total. The largest absolute Gasteiger partial charge is 0.317 e. The van der Waals surface area contributed by atoms with Crippen LogP contribution in [0.3, 0.4) is 0 Å². The van der Waals surface area contributed by atoms with Crippen molar-refractivity contribution in [3.05, 3.63) is 170 Å². The van der Waals surface area contributed by atoms with E-state index in [-0.39, 0.29) is 0 Å². The molecule has 1 heterocycles. The Labute approximate surface area is 235 Å². The Kier molecular flexibility index (Phi) is 6.20. The number of fused-ring (bicyclic) bond motifs is 1. The molecule has 0 radical (unpaired) electrons. The predicted molar refractivity (Wildman–Crippen MR) is 169 cm³/mol. The molecular formula is C38H28N2. The lowest BCUT2D eigenvalue weighted by Gasteiger charge is -2.26. The van der Waals surface area contributed by atoms with Crippen molar-refractivity contribution in [1.82, 2.24) is 4.57 Å². The van der Waals surface area contributed by atoms with Crippen LogP contribution in [-0.4, -0.2) is 4.57 Å². The summed E-state index contributed by atoms with van der Waals surface area (Å²) < 4.78 is 2.24. The summed E-state index contributed by atoms with van der Waals surface area (Å²) in [7, 11) is 0. The molecule has 0 bridgehead atoms. The van der Waals surface area contributed by atoms with Gasteiger partial charge in [0.2, 0.25) is 0 Å². The number of rotatable bonds is 6. The van der Waals surface area contributed by atoms with E-state index in [0.29, 0.717) is 0 Å². The summed E-state index contributed by atoms with van der Waals surface area (Å²) in [6.45, 7) is 0. The lowest BCUT2D eigenvalue weighted by Crippen LogP contribution is -2.09. The van der Waals surface area contributed by atoms with Gasteiger partial charge in [-0.2, -0.15) is 0 Å². The fourth-order valence-corrected chi connectivity index (χ4v) is 5.38. The number of hydrogen-bond acceptors (Lipinski definition) is 1. The lowest BCUT2D eigenvalue weighted by molar-refractivity contribution is 1.13. The van der Waals surface area contributed by atoms with Gasteiger partial charge in [-0.05, 0) is 88.3 Å². The monoisotopic (exact) mass is 512 g/mol. The quantitative estimate of drug-likeness (QED) is 0.215. The number of hydrogen-bond donors (Lipinski definition) is 0. The van der Waals surface area contributed by atoms with Crippen LogP contribution in [0.2, 0.25) is 0 Å². The van der Waals surface area contributed by atoms with Crippen molar-refractivity contribution >= 4 is 28.0 Å². The minimum atomic E-state index is 1.12. The van der Waals surface area contributed by atoms with Gasteiger partial charge in [-0.1, -0.05) is 103 Å². The first-order valence-corrected chi connectivity index (χ1v) is 13.6. The molecule has 190 valence electrons. The second-order valence-corrected chi connectivity index (χ2v) is 9.92. The molecule has 0 fully saturated rings. The minimum absolute atomic E-state index is 1.12. The van der Waals surface area contributed by atoms with Crippen LogP contribution in [-0.2, 0) is 0 Å². The van der Waals surface area contributed by atoms with Gasteiger partial charge in [0.05, 0.1) is 5.52 Å². The number of anilines is 3. The molecule has 0 aliphatic heterocycles. The Hall–Kier alpha value is -5.34. The standard InChI is InChI=1S/C38H28N2/c1-3-9-29(10-4-1)30-17-23-36(24-18-30)40(35-12-5-2-6-13-35)37-25-19-32(20-26-37)31-15-21-34(22-16-31)39-28-27-33-11-7-8-14-38(33)39/h1-28H. The van der Waals surface area contributed by atoms with Crippen LogP contribution in [0, 0.1) is 0 Å². The molecule has 0 aliphatic carbocycles. The van der Waals surface area contributed by atoms with E-state index in [1.54, 1.807) is 0 Å². The summed E-state index contributed by atoms with van der Waals surface area (Å²) in [5.41, 5.74) is 10.6. The summed E-state index contributed by atoms with van der Waals surface area (Å²) >= 11 is 0. The van der Waals surface area contributed by atoms with Crippen molar-refractivity contribution in [3.63, 3.8) is 0 Å². The highest BCUT2D eigenvalue weighted by Crippen LogP contribution is 2.36. The Morgan fingerprint density at radius 1 is 0.350 bits per heavy atom. The summed E-state index contributed by atoms with van der Waals surface area (Å²) in [4.78, 5) is 2.30. The highest BCUT2D eigenvalue weighted by atomic mass is 15.1.